The Labute approximate surface area is 128 Å². The number of hydrogen-bond acceptors (Lipinski definition) is 4. The Bertz CT molecular complexity index is 548. The number of esters is 1. The van der Waals surface area contributed by atoms with Gasteiger partial charge in [0, 0.05) is 11.1 Å². The second kappa shape index (κ2) is 6.91. The number of carbonyl (C=O) groups excluding carboxylic acids is 2. The Morgan fingerprint density at radius 2 is 2.05 bits per heavy atom. The van der Waals surface area contributed by atoms with Gasteiger partial charge in [-0.3, -0.25) is 4.79 Å². The lowest BCUT2D eigenvalue weighted by atomic mass is 9.84. The van der Waals surface area contributed by atoms with Crippen LogP contribution in [0.3, 0.4) is 0 Å². The highest BCUT2D eigenvalue weighted by Crippen LogP contribution is 2.26. The van der Waals surface area contributed by atoms with Crippen LogP contribution in [0.5, 0.6) is 0 Å². The van der Waals surface area contributed by atoms with Crippen LogP contribution in [-0.2, 0) is 9.53 Å². The van der Waals surface area contributed by atoms with Crippen LogP contribution in [-0.4, -0.2) is 25.0 Å². The van der Waals surface area contributed by atoms with Gasteiger partial charge in [-0.1, -0.05) is 24.4 Å². The largest absolute Gasteiger partial charge is 0.465 e. The molecule has 1 aliphatic carbocycles. The summed E-state index contributed by atoms with van der Waals surface area (Å²) in [4.78, 5) is 24.1. The maximum atomic E-state index is 12.3. The zero-order valence-electron chi connectivity index (χ0n) is 11.9. The van der Waals surface area contributed by atoms with E-state index in [0.29, 0.717) is 10.7 Å². The van der Waals surface area contributed by atoms with Gasteiger partial charge in [-0.05, 0) is 31.0 Å². The summed E-state index contributed by atoms with van der Waals surface area (Å²) in [5, 5.41) is 3.18. The number of ether oxygens (including phenoxy) is 1. The van der Waals surface area contributed by atoms with Gasteiger partial charge in [0.15, 0.2) is 0 Å². The van der Waals surface area contributed by atoms with Gasteiger partial charge in [0.2, 0.25) is 5.91 Å². The van der Waals surface area contributed by atoms with Crippen LogP contribution in [0.25, 0.3) is 0 Å². The van der Waals surface area contributed by atoms with Crippen LogP contribution >= 0.6 is 11.6 Å². The van der Waals surface area contributed by atoms with Crippen LogP contribution in [0.1, 0.15) is 36.0 Å². The molecule has 1 saturated carbocycles. The summed E-state index contributed by atoms with van der Waals surface area (Å²) in [6.07, 6.45) is 3.67. The first kappa shape index (κ1) is 15.8. The Morgan fingerprint density at radius 3 is 2.71 bits per heavy atom. The number of benzene rings is 1. The zero-order chi connectivity index (χ0) is 15.4. The average Bonchev–Trinajstić information content (AvgIpc) is 2.48. The summed E-state index contributed by atoms with van der Waals surface area (Å²) in [6, 6.07) is 4.56. The van der Waals surface area contributed by atoms with E-state index in [1.807, 2.05) is 0 Å². The van der Waals surface area contributed by atoms with Crippen molar-refractivity contribution in [1.29, 1.82) is 0 Å². The molecule has 0 radical (unpaired) electrons. The topological polar surface area (TPSA) is 81.4 Å². The number of halogens is 1. The van der Waals surface area contributed by atoms with Gasteiger partial charge in [0.05, 0.1) is 24.3 Å². The average molecular weight is 311 g/mol. The summed E-state index contributed by atoms with van der Waals surface area (Å²) in [5.74, 6) is -0.921. The minimum absolute atomic E-state index is 0.132. The standard InChI is InChI=1S/C15H19ClN2O3/c1-21-15(20)11-8-9(16)6-7-13(11)18-14(19)10-4-2-3-5-12(10)17/h6-8,10,12H,2-5,17H2,1H3,(H,18,19). The van der Waals surface area contributed by atoms with Crippen molar-refractivity contribution in [2.24, 2.45) is 11.7 Å². The number of nitrogens with one attached hydrogen (secondary N) is 1. The quantitative estimate of drug-likeness (QED) is 0.841. The summed E-state index contributed by atoms with van der Waals surface area (Å²) < 4.78 is 4.71. The Morgan fingerprint density at radius 1 is 1.33 bits per heavy atom. The van der Waals surface area contributed by atoms with Gasteiger partial charge in [-0.25, -0.2) is 4.79 Å². The molecule has 3 N–H and O–H groups in total. The van der Waals surface area contributed by atoms with E-state index in [1.54, 1.807) is 12.1 Å². The molecule has 1 aliphatic rings. The highest BCUT2D eigenvalue weighted by molar-refractivity contribution is 6.31. The summed E-state index contributed by atoms with van der Waals surface area (Å²) >= 11 is 5.89. The smallest absolute Gasteiger partial charge is 0.340 e. The lowest BCUT2D eigenvalue weighted by Gasteiger charge is -2.27. The van der Waals surface area contributed by atoms with Crippen molar-refractivity contribution in [3.05, 3.63) is 28.8 Å². The molecule has 0 aliphatic heterocycles. The van der Waals surface area contributed by atoms with Crippen LogP contribution in [0.15, 0.2) is 18.2 Å². The molecule has 0 spiro atoms. The van der Waals surface area contributed by atoms with Crippen molar-refractivity contribution in [3.63, 3.8) is 0 Å². The molecule has 2 atom stereocenters. The van der Waals surface area contributed by atoms with Gasteiger partial charge in [-0.2, -0.15) is 0 Å². The first-order valence-electron chi connectivity index (χ1n) is 6.97. The third-order valence-corrected chi connectivity index (χ3v) is 4.04. The van der Waals surface area contributed by atoms with E-state index in [2.05, 4.69) is 5.32 Å². The zero-order valence-corrected chi connectivity index (χ0v) is 12.7. The maximum absolute atomic E-state index is 12.3. The maximum Gasteiger partial charge on any atom is 0.340 e. The van der Waals surface area contributed by atoms with Crippen LogP contribution in [0.4, 0.5) is 5.69 Å². The number of amides is 1. The van der Waals surface area contributed by atoms with E-state index >= 15 is 0 Å². The monoisotopic (exact) mass is 310 g/mol. The van der Waals surface area contributed by atoms with Gasteiger partial charge >= 0.3 is 5.97 Å². The van der Waals surface area contributed by atoms with Gasteiger partial charge < -0.3 is 15.8 Å². The third-order valence-electron chi connectivity index (χ3n) is 3.80. The molecule has 1 fully saturated rings. The first-order chi connectivity index (χ1) is 10.0. The van der Waals surface area contributed by atoms with Crippen molar-refractivity contribution >= 4 is 29.2 Å². The number of hydrogen-bond donors (Lipinski definition) is 2. The molecule has 6 heteroatoms. The Kier molecular flexibility index (Phi) is 5.20. The third kappa shape index (κ3) is 3.74. The number of nitrogens with two attached hydrogens (primary N) is 1. The second-order valence-corrected chi connectivity index (χ2v) is 5.66. The van der Waals surface area contributed by atoms with Crippen molar-refractivity contribution < 1.29 is 14.3 Å². The molecular weight excluding hydrogens is 292 g/mol. The summed E-state index contributed by atoms with van der Waals surface area (Å²) in [5.41, 5.74) is 6.64. The molecule has 5 nitrogen and oxygen atoms in total. The van der Waals surface area contributed by atoms with Gasteiger partial charge in [0.25, 0.3) is 0 Å². The molecule has 1 amide bonds. The molecule has 114 valence electrons. The molecule has 2 unspecified atom stereocenters. The minimum Gasteiger partial charge on any atom is -0.465 e. The number of rotatable bonds is 3. The molecule has 1 aromatic carbocycles. The van der Waals surface area contributed by atoms with Crippen LogP contribution < -0.4 is 11.1 Å². The molecular formula is C15H19ClN2O3. The minimum atomic E-state index is -0.541. The molecule has 2 rings (SSSR count). The number of carbonyl (C=O) groups is 2. The van der Waals surface area contributed by atoms with E-state index in [1.165, 1.54) is 13.2 Å². The molecule has 1 aromatic rings. The predicted octanol–water partition coefficient (Wildman–Crippen LogP) is 2.58. The fourth-order valence-electron chi connectivity index (χ4n) is 2.61. The SMILES string of the molecule is COC(=O)c1cc(Cl)ccc1NC(=O)C1CCCCC1N. The summed E-state index contributed by atoms with van der Waals surface area (Å²) in [7, 11) is 1.28. The van der Waals surface area contributed by atoms with Gasteiger partial charge in [-0.15, -0.1) is 0 Å². The lowest BCUT2D eigenvalue weighted by Crippen LogP contribution is -2.40. The normalized spacial score (nSPS) is 21.7. The fraction of sp³-hybridized carbons (Fsp3) is 0.467. The van der Waals surface area contributed by atoms with E-state index < -0.39 is 5.97 Å². The Balaban J connectivity index is 2.18. The van der Waals surface area contributed by atoms with E-state index in [4.69, 9.17) is 22.1 Å². The molecule has 0 aromatic heterocycles. The second-order valence-electron chi connectivity index (χ2n) is 5.23. The molecule has 21 heavy (non-hydrogen) atoms. The van der Waals surface area contributed by atoms with E-state index in [9.17, 15) is 9.59 Å². The summed E-state index contributed by atoms with van der Waals surface area (Å²) in [6.45, 7) is 0. The van der Waals surface area contributed by atoms with E-state index in [-0.39, 0.29) is 23.4 Å². The number of methoxy groups -OCH3 is 1. The number of anilines is 1. The van der Waals surface area contributed by atoms with Crippen molar-refractivity contribution in [2.75, 3.05) is 12.4 Å². The molecule has 0 bridgehead atoms. The van der Waals surface area contributed by atoms with E-state index in [0.717, 1.165) is 25.7 Å². The lowest BCUT2D eigenvalue weighted by molar-refractivity contribution is -0.121. The first-order valence-corrected chi connectivity index (χ1v) is 7.35. The van der Waals surface area contributed by atoms with Crippen LogP contribution in [0, 0.1) is 5.92 Å². The van der Waals surface area contributed by atoms with Crippen molar-refractivity contribution in [2.45, 2.75) is 31.7 Å². The van der Waals surface area contributed by atoms with Crippen molar-refractivity contribution in [3.8, 4) is 0 Å². The highest BCUT2D eigenvalue weighted by atomic mass is 35.5. The van der Waals surface area contributed by atoms with Gasteiger partial charge in [0.1, 0.15) is 0 Å². The molecule has 0 heterocycles. The van der Waals surface area contributed by atoms with Crippen molar-refractivity contribution in [1.82, 2.24) is 0 Å². The highest BCUT2D eigenvalue weighted by Gasteiger charge is 2.29. The molecule has 0 saturated heterocycles. The Hall–Kier alpha value is -1.59. The van der Waals surface area contributed by atoms with Crippen LogP contribution in [0.2, 0.25) is 5.02 Å². The fourth-order valence-corrected chi connectivity index (χ4v) is 2.79. The predicted molar refractivity (Wildman–Crippen MR) is 81.4 cm³/mol.